The van der Waals surface area contributed by atoms with Crippen molar-refractivity contribution in [1.82, 2.24) is 19.8 Å². The van der Waals surface area contributed by atoms with Crippen LogP contribution in [0.3, 0.4) is 0 Å². The van der Waals surface area contributed by atoms with Crippen molar-refractivity contribution in [3.05, 3.63) is 5.56 Å². The summed E-state index contributed by atoms with van der Waals surface area (Å²) < 4.78 is 5.36. The van der Waals surface area contributed by atoms with Gasteiger partial charge in [0.15, 0.2) is 5.78 Å². The Bertz CT molecular complexity index is 1260. The van der Waals surface area contributed by atoms with E-state index in [-0.39, 0.29) is 24.2 Å². The van der Waals surface area contributed by atoms with Crippen molar-refractivity contribution in [3.8, 4) is 0 Å². The van der Waals surface area contributed by atoms with Gasteiger partial charge in [0.2, 0.25) is 17.8 Å². The van der Waals surface area contributed by atoms with Crippen LogP contribution in [0.4, 0.5) is 17.6 Å². The van der Waals surface area contributed by atoms with Crippen LogP contribution in [0.25, 0.3) is 0 Å². The van der Waals surface area contributed by atoms with Crippen LogP contribution in [-0.4, -0.2) is 115 Å². The molecule has 1 unspecified atom stereocenters. The molecule has 44 heavy (non-hydrogen) atoms. The minimum Gasteiger partial charge on any atom is -0.465 e. The van der Waals surface area contributed by atoms with Crippen molar-refractivity contribution in [2.75, 3.05) is 80.2 Å². The van der Waals surface area contributed by atoms with Crippen molar-refractivity contribution in [1.29, 1.82) is 0 Å². The highest BCUT2D eigenvalue weighted by molar-refractivity contribution is 6.05. The summed E-state index contributed by atoms with van der Waals surface area (Å²) in [5.74, 6) is 1.31. The lowest BCUT2D eigenvalue weighted by Gasteiger charge is -2.39. The lowest BCUT2D eigenvalue weighted by atomic mass is 9.84. The van der Waals surface area contributed by atoms with Crippen LogP contribution in [0.15, 0.2) is 0 Å². The first-order valence-electron chi connectivity index (χ1n) is 16.8. The van der Waals surface area contributed by atoms with Crippen molar-refractivity contribution in [3.63, 3.8) is 0 Å². The highest BCUT2D eigenvalue weighted by Crippen LogP contribution is 2.43. The first kappa shape index (κ1) is 30.6. The topological polar surface area (TPSA) is 119 Å². The number of hydrogen-bond acceptors (Lipinski definition) is 10. The molecule has 1 atom stereocenters. The second-order valence-corrected chi connectivity index (χ2v) is 13.0. The second kappa shape index (κ2) is 12.9. The second-order valence-electron chi connectivity index (χ2n) is 13.0. The molecule has 0 bridgehead atoms. The maximum atomic E-state index is 13.9. The van der Waals surface area contributed by atoms with Crippen LogP contribution in [0, 0.1) is 5.41 Å². The van der Waals surface area contributed by atoms with E-state index in [9.17, 15) is 19.2 Å². The van der Waals surface area contributed by atoms with Crippen LogP contribution in [0.2, 0.25) is 0 Å². The van der Waals surface area contributed by atoms with Crippen LogP contribution >= 0.6 is 0 Å². The molecule has 4 aliphatic heterocycles. The van der Waals surface area contributed by atoms with Gasteiger partial charge in [-0.3, -0.25) is 19.2 Å². The smallest absolute Gasteiger partial charge is 0.321 e. The summed E-state index contributed by atoms with van der Waals surface area (Å²) in [6, 6.07) is -0.559. The number of anilines is 3. The molecule has 6 rings (SSSR count). The van der Waals surface area contributed by atoms with E-state index < -0.39 is 17.4 Å². The summed E-state index contributed by atoms with van der Waals surface area (Å²) in [6.45, 7) is 9.67. The molecule has 0 radical (unpaired) electrons. The summed E-state index contributed by atoms with van der Waals surface area (Å²) in [5, 5.41) is 0. The molecule has 1 saturated carbocycles. The van der Waals surface area contributed by atoms with Gasteiger partial charge in [-0.25, -0.2) is 0 Å². The fourth-order valence-electron chi connectivity index (χ4n) is 7.83. The Balaban J connectivity index is 1.19. The SMILES string of the molecule is CCOC(=O)C1(C(=O)N2CCCC2C(=O)N2CCN(c3nc(N4CCCC4)nc(N4CCCC4)c3C(C)=O)CC2)CCCC1. The molecule has 1 aromatic heterocycles. The van der Waals surface area contributed by atoms with Gasteiger partial charge in [0, 0.05) is 58.9 Å². The van der Waals surface area contributed by atoms with Crippen LogP contribution in [-0.2, 0) is 19.1 Å². The molecule has 0 spiro atoms. The molecule has 0 N–H and O–H groups in total. The number of Topliss-reactive ketones (excluding diaryl/α,β-unsaturated/α-hetero) is 1. The minimum atomic E-state index is -1.16. The Morgan fingerprint density at radius 3 is 1.89 bits per heavy atom. The number of carbonyl (C=O) groups is 4. The van der Waals surface area contributed by atoms with E-state index in [2.05, 4.69) is 14.7 Å². The number of ketones is 1. The summed E-state index contributed by atoms with van der Waals surface area (Å²) >= 11 is 0. The number of hydrogen-bond donors (Lipinski definition) is 0. The molecule has 1 aliphatic carbocycles. The highest BCUT2D eigenvalue weighted by atomic mass is 16.5. The number of piperazine rings is 1. The molecular formula is C32H47N7O5. The van der Waals surface area contributed by atoms with E-state index >= 15 is 0 Å². The first-order valence-corrected chi connectivity index (χ1v) is 16.8. The zero-order valence-corrected chi connectivity index (χ0v) is 26.4. The Labute approximate surface area is 260 Å². The van der Waals surface area contributed by atoms with Crippen molar-refractivity contribution in [2.24, 2.45) is 5.41 Å². The van der Waals surface area contributed by atoms with Gasteiger partial charge in [0.25, 0.3) is 0 Å². The van der Waals surface area contributed by atoms with E-state index in [4.69, 9.17) is 14.7 Å². The lowest BCUT2D eigenvalue weighted by Crippen LogP contribution is -2.57. The zero-order valence-electron chi connectivity index (χ0n) is 26.4. The van der Waals surface area contributed by atoms with Gasteiger partial charge in [-0.15, -0.1) is 0 Å². The summed E-state index contributed by atoms with van der Waals surface area (Å²) in [7, 11) is 0. The Hall–Kier alpha value is -3.44. The number of rotatable bonds is 8. The molecule has 12 nitrogen and oxygen atoms in total. The molecule has 0 aromatic carbocycles. The molecule has 12 heteroatoms. The van der Waals surface area contributed by atoms with Crippen molar-refractivity contribution in [2.45, 2.75) is 84.1 Å². The third-order valence-corrected chi connectivity index (χ3v) is 10.2. The maximum absolute atomic E-state index is 13.9. The van der Waals surface area contributed by atoms with E-state index in [0.29, 0.717) is 69.3 Å². The van der Waals surface area contributed by atoms with E-state index in [0.717, 1.165) is 76.9 Å². The molecule has 5 fully saturated rings. The van der Waals surface area contributed by atoms with Crippen molar-refractivity contribution >= 4 is 41.2 Å². The standard InChI is InChI=1S/C32H47N7O5/c1-3-44-30(43)32(12-4-5-13-32)29(42)39-18-10-11-24(39)28(41)37-21-19-36(20-22-37)27-25(23(2)40)26(35-14-6-7-15-35)33-31(34-27)38-16-8-9-17-38/h24H,3-22H2,1-2H3. The monoisotopic (exact) mass is 609 g/mol. The number of amides is 2. The minimum absolute atomic E-state index is 0.0454. The molecular weight excluding hydrogens is 562 g/mol. The number of aromatic nitrogens is 2. The average Bonchev–Trinajstić information content (AvgIpc) is 3.87. The molecule has 5 aliphatic rings. The van der Waals surface area contributed by atoms with Gasteiger partial charge in [0.05, 0.1) is 6.61 Å². The maximum Gasteiger partial charge on any atom is 0.321 e. The van der Waals surface area contributed by atoms with Gasteiger partial charge in [-0.2, -0.15) is 9.97 Å². The highest BCUT2D eigenvalue weighted by Gasteiger charge is 2.53. The van der Waals surface area contributed by atoms with Gasteiger partial charge in [-0.05, 0) is 65.2 Å². The van der Waals surface area contributed by atoms with Crippen LogP contribution in [0.1, 0.15) is 88.4 Å². The largest absolute Gasteiger partial charge is 0.465 e. The average molecular weight is 610 g/mol. The fourth-order valence-corrected chi connectivity index (χ4v) is 7.83. The predicted molar refractivity (Wildman–Crippen MR) is 166 cm³/mol. The van der Waals surface area contributed by atoms with E-state index in [1.807, 2.05) is 4.90 Å². The quantitative estimate of drug-likeness (QED) is 0.247. The Morgan fingerprint density at radius 2 is 1.32 bits per heavy atom. The van der Waals surface area contributed by atoms with Gasteiger partial charge < -0.3 is 29.2 Å². The number of likely N-dealkylation sites (tertiary alicyclic amines) is 1. The fraction of sp³-hybridized carbons (Fsp3) is 0.750. The first-order chi connectivity index (χ1) is 21.3. The Morgan fingerprint density at radius 1 is 0.750 bits per heavy atom. The molecule has 240 valence electrons. The van der Waals surface area contributed by atoms with E-state index in [1.54, 1.807) is 18.7 Å². The number of carbonyl (C=O) groups excluding carboxylic acids is 4. The number of ether oxygens (including phenoxy) is 1. The third kappa shape index (κ3) is 5.60. The number of nitrogens with zero attached hydrogens (tertiary/aromatic N) is 7. The molecule has 2 amide bonds. The summed E-state index contributed by atoms with van der Waals surface area (Å²) in [6.07, 6.45) is 8.30. The van der Waals surface area contributed by atoms with Crippen LogP contribution < -0.4 is 14.7 Å². The third-order valence-electron chi connectivity index (χ3n) is 10.2. The van der Waals surface area contributed by atoms with Gasteiger partial charge >= 0.3 is 5.97 Å². The molecule has 5 heterocycles. The van der Waals surface area contributed by atoms with Crippen LogP contribution in [0.5, 0.6) is 0 Å². The summed E-state index contributed by atoms with van der Waals surface area (Å²) in [5.41, 5.74) is -0.587. The Kier molecular flexibility index (Phi) is 8.96. The lowest BCUT2D eigenvalue weighted by molar-refractivity contribution is -0.167. The molecule has 1 aromatic rings. The van der Waals surface area contributed by atoms with Crippen molar-refractivity contribution < 1.29 is 23.9 Å². The van der Waals surface area contributed by atoms with Gasteiger partial charge in [0.1, 0.15) is 28.7 Å². The summed E-state index contributed by atoms with van der Waals surface area (Å²) in [4.78, 5) is 73.9. The number of esters is 1. The van der Waals surface area contributed by atoms with E-state index in [1.165, 1.54) is 0 Å². The van der Waals surface area contributed by atoms with Gasteiger partial charge in [-0.1, -0.05) is 12.8 Å². The molecule has 4 saturated heterocycles. The predicted octanol–water partition coefficient (Wildman–Crippen LogP) is 2.64. The normalized spacial score (nSPS) is 23.5. The zero-order chi connectivity index (χ0) is 30.8.